The van der Waals surface area contributed by atoms with Gasteiger partial charge >= 0.3 is 0 Å². The summed E-state index contributed by atoms with van der Waals surface area (Å²) in [6.45, 7) is 4.44. The highest BCUT2D eigenvalue weighted by atomic mass is 35.5. The van der Waals surface area contributed by atoms with E-state index in [0.717, 1.165) is 6.42 Å². The number of ketones is 1. The van der Waals surface area contributed by atoms with Crippen molar-refractivity contribution in [2.75, 3.05) is 6.54 Å². The molecule has 0 heterocycles. The van der Waals surface area contributed by atoms with Gasteiger partial charge in [0.2, 0.25) is 0 Å². The van der Waals surface area contributed by atoms with Gasteiger partial charge < -0.3 is 5.32 Å². The third-order valence-electron chi connectivity index (χ3n) is 2.47. The fourth-order valence-electron chi connectivity index (χ4n) is 1.18. The normalized spacial score (nSPS) is 12.5. The third-order valence-corrected chi connectivity index (χ3v) is 3.20. The van der Waals surface area contributed by atoms with E-state index in [1.165, 1.54) is 0 Å². The van der Waals surface area contributed by atoms with Crippen molar-refractivity contribution in [3.63, 3.8) is 0 Å². The number of hydrogen-bond acceptors (Lipinski definition) is 2. The molecule has 0 aromatic heterocycles. The first kappa shape index (κ1) is 13.5. The lowest BCUT2D eigenvalue weighted by atomic mass is 10.1. The summed E-state index contributed by atoms with van der Waals surface area (Å²) in [5.41, 5.74) is 0.588. The summed E-state index contributed by atoms with van der Waals surface area (Å²) in [5, 5.41) is 4.02. The molecule has 88 valence electrons. The van der Waals surface area contributed by atoms with Crippen LogP contribution in [0.25, 0.3) is 0 Å². The van der Waals surface area contributed by atoms with Gasteiger partial charge in [-0.15, -0.1) is 0 Å². The van der Waals surface area contributed by atoms with Crippen LogP contribution in [0.15, 0.2) is 18.2 Å². The Labute approximate surface area is 106 Å². The molecule has 1 N–H and O–H groups in total. The molecule has 0 amide bonds. The molecule has 2 nitrogen and oxygen atoms in total. The fraction of sp³-hybridized carbons (Fsp3) is 0.417. The second-order valence-corrected chi connectivity index (χ2v) is 4.56. The highest BCUT2D eigenvalue weighted by Gasteiger charge is 2.08. The standard InChI is InChI=1S/C12H15Cl2NO/c1-3-8(2)15-7-12(16)9-4-5-10(13)11(14)6-9/h4-6,8,15H,3,7H2,1-2H3. The van der Waals surface area contributed by atoms with Gasteiger partial charge in [-0.3, -0.25) is 4.79 Å². The van der Waals surface area contributed by atoms with E-state index < -0.39 is 0 Å². The average Bonchev–Trinajstić information content (AvgIpc) is 2.29. The smallest absolute Gasteiger partial charge is 0.176 e. The molecule has 1 aromatic carbocycles. The Hall–Kier alpha value is -0.570. The maximum atomic E-state index is 11.8. The van der Waals surface area contributed by atoms with Crippen molar-refractivity contribution in [3.05, 3.63) is 33.8 Å². The van der Waals surface area contributed by atoms with Gasteiger partial charge in [0.1, 0.15) is 0 Å². The summed E-state index contributed by atoms with van der Waals surface area (Å²) in [6.07, 6.45) is 0.995. The predicted octanol–water partition coefficient (Wildman–Crippen LogP) is 3.56. The summed E-state index contributed by atoms with van der Waals surface area (Å²) < 4.78 is 0. The van der Waals surface area contributed by atoms with Crippen molar-refractivity contribution >= 4 is 29.0 Å². The lowest BCUT2D eigenvalue weighted by molar-refractivity contribution is 0.0987. The van der Waals surface area contributed by atoms with Crippen molar-refractivity contribution in [3.8, 4) is 0 Å². The molecule has 0 aliphatic carbocycles. The van der Waals surface area contributed by atoms with E-state index in [-0.39, 0.29) is 5.78 Å². The van der Waals surface area contributed by atoms with Crippen LogP contribution in [0.5, 0.6) is 0 Å². The number of halogens is 2. The van der Waals surface area contributed by atoms with Crippen LogP contribution in [0, 0.1) is 0 Å². The van der Waals surface area contributed by atoms with Gasteiger partial charge in [0.25, 0.3) is 0 Å². The third kappa shape index (κ3) is 3.78. The van der Waals surface area contributed by atoms with E-state index in [4.69, 9.17) is 23.2 Å². The summed E-state index contributed by atoms with van der Waals surface area (Å²) in [6, 6.07) is 5.27. The lowest BCUT2D eigenvalue weighted by Gasteiger charge is -2.10. The van der Waals surface area contributed by atoms with E-state index in [1.807, 2.05) is 6.92 Å². The van der Waals surface area contributed by atoms with Crippen molar-refractivity contribution in [2.24, 2.45) is 0 Å². The monoisotopic (exact) mass is 259 g/mol. The van der Waals surface area contributed by atoms with E-state index in [2.05, 4.69) is 12.2 Å². The molecule has 4 heteroatoms. The first-order chi connectivity index (χ1) is 7.54. The van der Waals surface area contributed by atoms with Crippen LogP contribution in [0.1, 0.15) is 30.6 Å². The molecular formula is C12H15Cl2NO. The molecule has 0 saturated heterocycles. The second-order valence-electron chi connectivity index (χ2n) is 3.74. The van der Waals surface area contributed by atoms with Crippen LogP contribution in [0.2, 0.25) is 10.0 Å². The number of carbonyl (C=O) groups excluding carboxylic acids is 1. The van der Waals surface area contributed by atoms with Crippen LogP contribution < -0.4 is 5.32 Å². The second kappa shape index (κ2) is 6.24. The molecule has 1 unspecified atom stereocenters. The Morgan fingerprint density at radius 1 is 1.38 bits per heavy atom. The number of carbonyl (C=O) groups is 1. The summed E-state index contributed by atoms with van der Waals surface area (Å²) >= 11 is 11.6. The molecule has 16 heavy (non-hydrogen) atoms. The zero-order chi connectivity index (χ0) is 12.1. The highest BCUT2D eigenvalue weighted by Crippen LogP contribution is 2.22. The van der Waals surface area contributed by atoms with Crippen LogP contribution >= 0.6 is 23.2 Å². The largest absolute Gasteiger partial charge is 0.307 e. The van der Waals surface area contributed by atoms with Gasteiger partial charge in [0, 0.05) is 11.6 Å². The zero-order valence-electron chi connectivity index (χ0n) is 9.39. The number of nitrogens with one attached hydrogen (secondary N) is 1. The van der Waals surface area contributed by atoms with E-state index in [9.17, 15) is 4.79 Å². The van der Waals surface area contributed by atoms with Gasteiger partial charge in [0.15, 0.2) is 5.78 Å². The summed E-state index contributed by atoms with van der Waals surface area (Å²) in [4.78, 5) is 11.8. The lowest BCUT2D eigenvalue weighted by Crippen LogP contribution is -2.30. The van der Waals surface area contributed by atoms with Crippen LogP contribution in [-0.2, 0) is 0 Å². The molecule has 0 aliphatic heterocycles. The maximum Gasteiger partial charge on any atom is 0.176 e. The number of Topliss-reactive ketones (excluding diaryl/α,β-unsaturated/α-hetero) is 1. The molecule has 0 spiro atoms. The Balaban J connectivity index is 2.63. The molecule has 1 rings (SSSR count). The first-order valence-electron chi connectivity index (χ1n) is 5.26. The predicted molar refractivity (Wildman–Crippen MR) is 68.5 cm³/mol. The molecule has 0 bridgehead atoms. The van der Waals surface area contributed by atoms with E-state index >= 15 is 0 Å². The zero-order valence-corrected chi connectivity index (χ0v) is 10.9. The molecule has 0 radical (unpaired) electrons. The summed E-state index contributed by atoms with van der Waals surface area (Å²) in [7, 11) is 0. The van der Waals surface area contributed by atoms with Gasteiger partial charge in [0.05, 0.1) is 16.6 Å². The molecule has 0 fully saturated rings. The van der Waals surface area contributed by atoms with Crippen molar-refractivity contribution in [1.29, 1.82) is 0 Å². The van der Waals surface area contributed by atoms with Crippen LogP contribution in [0.4, 0.5) is 0 Å². The Kier molecular flexibility index (Phi) is 5.26. The fourth-order valence-corrected chi connectivity index (χ4v) is 1.48. The maximum absolute atomic E-state index is 11.8. The molecule has 0 aliphatic rings. The molecule has 0 saturated carbocycles. The molecule has 1 aromatic rings. The van der Waals surface area contributed by atoms with Crippen LogP contribution in [-0.4, -0.2) is 18.4 Å². The number of benzene rings is 1. The summed E-state index contributed by atoms with van der Waals surface area (Å²) in [5.74, 6) is 0.0267. The highest BCUT2D eigenvalue weighted by molar-refractivity contribution is 6.42. The Bertz CT molecular complexity index is 379. The minimum absolute atomic E-state index is 0.0267. The quantitative estimate of drug-likeness (QED) is 0.820. The minimum atomic E-state index is 0.0267. The van der Waals surface area contributed by atoms with Gasteiger partial charge in [-0.1, -0.05) is 30.1 Å². The Morgan fingerprint density at radius 2 is 2.06 bits per heavy atom. The topological polar surface area (TPSA) is 29.1 Å². The minimum Gasteiger partial charge on any atom is -0.307 e. The van der Waals surface area contributed by atoms with Crippen molar-refractivity contribution in [2.45, 2.75) is 26.3 Å². The number of hydrogen-bond donors (Lipinski definition) is 1. The first-order valence-corrected chi connectivity index (χ1v) is 6.01. The SMILES string of the molecule is CCC(C)NCC(=O)c1ccc(Cl)c(Cl)c1. The average molecular weight is 260 g/mol. The molecular weight excluding hydrogens is 245 g/mol. The van der Waals surface area contributed by atoms with Crippen LogP contribution in [0.3, 0.4) is 0 Å². The van der Waals surface area contributed by atoms with E-state index in [0.29, 0.717) is 28.2 Å². The Morgan fingerprint density at radius 3 is 2.62 bits per heavy atom. The van der Waals surface area contributed by atoms with Crippen molar-refractivity contribution in [1.82, 2.24) is 5.32 Å². The molecule has 1 atom stereocenters. The van der Waals surface area contributed by atoms with Gasteiger partial charge in [-0.05, 0) is 31.5 Å². The van der Waals surface area contributed by atoms with Gasteiger partial charge in [-0.25, -0.2) is 0 Å². The van der Waals surface area contributed by atoms with Crippen molar-refractivity contribution < 1.29 is 4.79 Å². The van der Waals surface area contributed by atoms with E-state index in [1.54, 1.807) is 18.2 Å². The number of rotatable bonds is 5. The van der Waals surface area contributed by atoms with Gasteiger partial charge in [-0.2, -0.15) is 0 Å².